The maximum Gasteiger partial charge on any atom is 0.276 e. The molecule has 0 radical (unpaired) electrons. The van der Waals surface area contributed by atoms with Gasteiger partial charge in [0.15, 0.2) is 5.69 Å². The van der Waals surface area contributed by atoms with Crippen molar-refractivity contribution < 1.29 is 19.1 Å². The summed E-state index contributed by atoms with van der Waals surface area (Å²) in [6.07, 6.45) is 1.67. The van der Waals surface area contributed by atoms with E-state index >= 15 is 0 Å². The van der Waals surface area contributed by atoms with Gasteiger partial charge in [-0.15, -0.1) is 0 Å². The van der Waals surface area contributed by atoms with E-state index in [0.29, 0.717) is 11.4 Å². The molecule has 3 rings (SSSR count). The van der Waals surface area contributed by atoms with E-state index in [1.165, 1.54) is 19.2 Å². The predicted octanol–water partition coefficient (Wildman–Crippen LogP) is 2.24. The quantitative estimate of drug-likeness (QED) is 0.695. The lowest BCUT2D eigenvalue weighted by Crippen LogP contribution is -2.16. The smallest absolute Gasteiger partial charge is 0.276 e. The van der Waals surface area contributed by atoms with Crippen LogP contribution < -0.4 is 20.5 Å². The summed E-state index contributed by atoms with van der Waals surface area (Å²) in [5.74, 6) is 0.0901. The number of nitrogens with two attached hydrogens (primary N) is 1. The highest BCUT2D eigenvalue weighted by Gasteiger charge is 2.15. The topological polar surface area (TPSA) is 108 Å². The molecule has 0 aliphatic carbocycles. The minimum Gasteiger partial charge on any atom is -0.497 e. The fourth-order valence-electron chi connectivity index (χ4n) is 2.47. The van der Waals surface area contributed by atoms with Gasteiger partial charge in [0.1, 0.15) is 11.5 Å². The Labute approximate surface area is 155 Å². The minimum absolute atomic E-state index is 0.206. The van der Waals surface area contributed by atoms with Crippen LogP contribution in [0.5, 0.6) is 11.5 Å². The third-order valence-corrected chi connectivity index (χ3v) is 3.89. The van der Waals surface area contributed by atoms with Crippen molar-refractivity contribution >= 4 is 17.5 Å². The Morgan fingerprint density at radius 3 is 2.41 bits per heavy atom. The lowest BCUT2D eigenvalue weighted by molar-refractivity contribution is 0.0995. The molecular formula is C19H18N4O4. The number of carbonyl (C=O) groups is 2. The molecule has 27 heavy (non-hydrogen) atoms. The number of rotatable bonds is 6. The van der Waals surface area contributed by atoms with Crippen LogP contribution in [0.3, 0.4) is 0 Å². The van der Waals surface area contributed by atoms with Gasteiger partial charge in [0.2, 0.25) is 5.91 Å². The van der Waals surface area contributed by atoms with E-state index in [1.807, 2.05) is 12.1 Å². The first-order valence-electron chi connectivity index (χ1n) is 8.01. The van der Waals surface area contributed by atoms with Gasteiger partial charge in [0, 0.05) is 11.8 Å². The summed E-state index contributed by atoms with van der Waals surface area (Å²) in [4.78, 5) is 23.9. The van der Waals surface area contributed by atoms with Crippen LogP contribution in [0.1, 0.15) is 20.8 Å². The van der Waals surface area contributed by atoms with Gasteiger partial charge < -0.3 is 20.5 Å². The van der Waals surface area contributed by atoms with Crippen LogP contribution in [0.25, 0.3) is 5.69 Å². The van der Waals surface area contributed by atoms with Gasteiger partial charge in [-0.3, -0.25) is 9.59 Å². The van der Waals surface area contributed by atoms with E-state index in [9.17, 15) is 9.59 Å². The Morgan fingerprint density at radius 1 is 1.04 bits per heavy atom. The van der Waals surface area contributed by atoms with E-state index in [1.54, 1.807) is 42.3 Å². The van der Waals surface area contributed by atoms with Crippen molar-refractivity contribution in [3.8, 4) is 17.2 Å². The lowest BCUT2D eigenvalue weighted by atomic mass is 10.1. The molecule has 2 amide bonds. The van der Waals surface area contributed by atoms with E-state index in [4.69, 9.17) is 15.2 Å². The van der Waals surface area contributed by atoms with Crippen molar-refractivity contribution in [1.82, 2.24) is 9.78 Å². The second-order valence-corrected chi connectivity index (χ2v) is 5.58. The monoisotopic (exact) mass is 366 g/mol. The number of nitrogens with zero attached hydrogens (tertiary/aromatic N) is 2. The highest BCUT2D eigenvalue weighted by molar-refractivity contribution is 6.04. The molecule has 0 aliphatic heterocycles. The Bertz CT molecular complexity index is 980. The molecule has 3 aromatic rings. The first-order chi connectivity index (χ1) is 13.0. The average Bonchev–Trinajstić information content (AvgIpc) is 3.18. The summed E-state index contributed by atoms with van der Waals surface area (Å²) in [6, 6.07) is 13.4. The fourth-order valence-corrected chi connectivity index (χ4v) is 2.47. The molecule has 8 nitrogen and oxygen atoms in total. The Morgan fingerprint density at radius 2 is 1.78 bits per heavy atom. The highest BCUT2D eigenvalue weighted by atomic mass is 16.5. The van der Waals surface area contributed by atoms with Crippen LogP contribution in [0.2, 0.25) is 0 Å². The zero-order valence-electron chi connectivity index (χ0n) is 14.8. The molecule has 0 atom stereocenters. The van der Waals surface area contributed by atoms with Gasteiger partial charge in [-0.05, 0) is 48.5 Å². The first kappa shape index (κ1) is 18.0. The number of hydrogen-bond acceptors (Lipinski definition) is 5. The summed E-state index contributed by atoms with van der Waals surface area (Å²) < 4.78 is 11.9. The number of methoxy groups -OCH3 is 2. The number of hydrogen-bond donors (Lipinski definition) is 2. The van der Waals surface area contributed by atoms with Crippen LogP contribution in [0.4, 0.5) is 5.69 Å². The molecule has 2 aromatic carbocycles. The van der Waals surface area contributed by atoms with Crippen LogP contribution >= 0.6 is 0 Å². The maximum atomic E-state index is 12.5. The highest BCUT2D eigenvalue weighted by Crippen LogP contribution is 2.26. The SMILES string of the molecule is COc1ccc(-n2ccc(C(=O)Nc3cc(C(N)=O)ccc3OC)n2)cc1. The molecule has 3 N–H and O–H groups in total. The van der Waals surface area contributed by atoms with E-state index < -0.39 is 11.8 Å². The first-order valence-corrected chi connectivity index (χ1v) is 8.01. The Hall–Kier alpha value is -3.81. The second-order valence-electron chi connectivity index (χ2n) is 5.58. The van der Waals surface area contributed by atoms with Crippen molar-refractivity contribution in [1.29, 1.82) is 0 Å². The summed E-state index contributed by atoms with van der Waals surface area (Å²) in [6.45, 7) is 0. The summed E-state index contributed by atoms with van der Waals surface area (Å²) in [5.41, 5.74) is 6.86. The second kappa shape index (κ2) is 7.61. The number of benzene rings is 2. The molecule has 1 heterocycles. The van der Waals surface area contributed by atoms with Crippen LogP contribution in [-0.4, -0.2) is 35.8 Å². The molecule has 0 bridgehead atoms. The average molecular weight is 366 g/mol. The van der Waals surface area contributed by atoms with E-state index in [-0.39, 0.29) is 11.3 Å². The van der Waals surface area contributed by atoms with Crippen molar-refractivity contribution in [3.05, 3.63) is 66.0 Å². The predicted molar refractivity (Wildman–Crippen MR) is 99.6 cm³/mol. The van der Waals surface area contributed by atoms with Gasteiger partial charge in [-0.25, -0.2) is 4.68 Å². The van der Waals surface area contributed by atoms with E-state index in [0.717, 1.165) is 11.4 Å². The normalized spacial score (nSPS) is 10.3. The maximum absolute atomic E-state index is 12.5. The number of anilines is 1. The summed E-state index contributed by atoms with van der Waals surface area (Å²) in [5, 5.41) is 6.96. The van der Waals surface area contributed by atoms with Gasteiger partial charge in [-0.2, -0.15) is 5.10 Å². The van der Waals surface area contributed by atoms with Crippen molar-refractivity contribution in [2.45, 2.75) is 0 Å². The fraction of sp³-hybridized carbons (Fsp3) is 0.105. The van der Waals surface area contributed by atoms with Crippen LogP contribution in [0, 0.1) is 0 Å². The molecule has 138 valence electrons. The van der Waals surface area contributed by atoms with Crippen molar-refractivity contribution in [2.24, 2.45) is 5.73 Å². The molecule has 0 aliphatic rings. The van der Waals surface area contributed by atoms with Gasteiger partial charge in [0.05, 0.1) is 25.6 Å². The Kier molecular flexibility index (Phi) is 5.07. The Balaban J connectivity index is 1.82. The van der Waals surface area contributed by atoms with Crippen LogP contribution in [0.15, 0.2) is 54.7 Å². The largest absolute Gasteiger partial charge is 0.497 e. The summed E-state index contributed by atoms with van der Waals surface area (Å²) >= 11 is 0. The number of aromatic nitrogens is 2. The molecule has 0 saturated heterocycles. The van der Waals surface area contributed by atoms with Crippen molar-refractivity contribution in [2.75, 3.05) is 19.5 Å². The number of carbonyl (C=O) groups excluding carboxylic acids is 2. The minimum atomic E-state index is -0.600. The zero-order valence-corrected chi connectivity index (χ0v) is 14.8. The molecule has 0 fully saturated rings. The number of ether oxygens (including phenoxy) is 2. The van der Waals surface area contributed by atoms with Gasteiger partial charge in [-0.1, -0.05) is 0 Å². The van der Waals surface area contributed by atoms with Gasteiger partial charge >= 0.3 is 0 Å². The molecule has 8 heteroatoms. The number of primary amides is 1. The molecular weight excluding hydrogens is 348 g/mol. The number of nitrogens with one attached hydrogen (secondary N) is 1. The standard InChI is InChI=1S/C19H18N4O4/c1-26-14-6-4-13(5-7-14)23-10-9-15(22-23)19(25)21-16-11-12(18(20)24)3-8-17(16)27-2/h3-11H,1-2H3,(H2,20,24)(H,21,25). The molecule has 0 saturated carbocycles. The van der Waals surface area contributed by atoms with Gasteiger partial charge in [0.25, 0.3) is 5.91 Å². The molecule has 0 spiro atoms. The zero-order chi connectivity index (χ0) is 19.4. The summed E-state index contributed by atoms with van der Waals surface area (Å²) in [7, 11) is 3.06. The number of amides is 2. The third-order valence-electron chi connectivity index (χ3n) is 3.89. The lowest BCUT2D eigenvalue weighted by Gasteiger charge is -2.10. The van der Waals surface area contributed by atoms with Crippen molar-refractivity contribution in [3.63, 3.8) is 0 Å². The molecule has 0 unspecified atom stereocenters. The van der Waals surface area contributed by atoms with E-state index in [2.05, 4.69) is 10.4 Å². The van der Waals surface area contributed by atoms with Crippen LogP contribution in [-0.2, 0) is 0 Å². The third kappa shape index (κ3) is 3.90. The molecule has 1 aromatic heterocycles.